The quantitative estimate of drug-likeness (QED) is 0.830. The van der Waals surface area contributed by atoms with E-state index >= 15 is 0 Å². The lowest BCUT2D eigenvalue weighted by molar-refractivity contribution is 0.0925. The van der Waals surface area contributed by atoms with Gasteiger partial charge in [-0.15, -0.1) is 0 Å². The Bertz CT molecular complexity index is 432. The van der Waals surface area contributed by atoms with Crippen LogP contribution in [0.2, 0.25) is 5.02 Å². The third-order valence-corrected chi connectivity index (χ3v) is 3.39. The molecule has 1 atom stereocenters. The highest BCUT2D eigenvalue weighted by Crippen LogP contribution is 2.21. The highest BCUT2D eigenvalue weighted by atomic mass is 35.5. The first-order chi connectivity index (χ1) is 8.99. The molecule has 0 heterocycles. The predicted octanol–water partition coefficient (Wildman–Crippen LogP) is 3.94. The van der Waals surface area contributed by atoms with Gasteiger partial charge in [-0.05, 0) is 37.5 Å². The van der Waals surface area contributed by atoms with Gasteiger partial charge in [-0.25, -0.2) is 0 Å². The van der Waals surface area contributed by atoms with Gasteiger partial charge in [0.15, 0.2) is 0 Å². The average Bonchev–Trinajstić information content (AvgIpc) is 2.37. The molecule has 1 amide bonds. The molecule has 2 N–H and O–H groups in total. The maximum atomic E-state index is 12.4. The van der Waals surface area contributed by atoms with Crippen LogP contribution in [-0.4, -0.2) is 18.5 Å². The molecule has 1 aromatic rings. The zero-order valence-electron chi connectivity index (χ0n) is 12.1. The second-order valence-electron chi connectivity index (χ2n) is 4.95. The fraction of sp³-hybridized carbons (Fsp3) is 0.533. The first-order valence-electron chi connectivity index (χ1n) is 6.83. The van der Waals surface area contributed by atoms with Gasteiger partial charge in [0, 0.05) is 23.3 Å². The number of halogens is 1. The molecule has 1 unspecified atom stereocenters. The van der Waals surface area contributed by atoms with E-state index in [-0.39, 0.29) is 11.9 Å². The van der Waals surface area contributed by atoms with E-state index in [0.717, 1.165) is 18.7 Å². The van der Waals surface area contributed by atoms with E-state index in [1.807, 2.05) is 13.0 Å². The lowest BCUT2D eigenvalue weighted by Gasteiger charge is -2.21. The number of amides is 1. The molecule has 0 fully saturated rings. The number of nitrogens with one attached hydrogen (secondary N) is 2. The van der Waals surface area contributed by atoms with Gasteiger partial charge in [0.1, 0.15) is 0 Å². The van der Waals surface area contributed by atoms with Gasteiger partial charge in [-0.2, -0.15) is 0 Å². The third-order valence-electron chi connectivity index (χ3n) is 3.15. The Morgan fingerprint density at radius 1 is 1.32 bits per heavy atom. The molecule has 0 aromatic heterocycles. The molecule has 0 saturated heterocycles. The van der Waals surface area contributed by atoms with E-state index in [0.29, 0.717) is 16.5 Å². The summed E-state index contributed by atoms with van der Waals surface area (Å²) >= 11 is 5.99. The van der Waals surface area contributed by atoms with Crippen molar-refractivity contribution in [3.8, 4) is 0 Å². The number of carbonyl (C=O) groups excluding carboxylic acids is 1. The SMILES string of the molecule is CCNc1ccc(Cl)cc1C(=O)NC(CC)C(C)C. The maximum Gasteiger partial charge on any atom is 0.253 e. The smallest absolute Gasteiger partial charge is 0.253 e. The summed E-state index contributed by atoms with van der Waals surface area (Å²) in [4.78, 5) is 12.4. The highest BCUT2D eigenvalue weighted by molar-refractivity contribution is 6.31. The molecule has 1 aromatic carbocycles. The molecule has 3 nitrogen and oxygen atoms in total. The minimum Gasteiger partial charge on any atom is -0.385 e. The van der Waals surface area contributed by atoms with Crippen LogP contribution in [0.1, 0.15) is 44.5 Å². The van der Waals surface area contributed by atoms with Crippen molar-refractivity contribution in [2.45, 2.75) is 40.2 Å². The van der Waals surface area contributed by atoms with E-state index < -0.39 is 0 Å². The van der Waals surface area contributed by atoms with Gasteiger partial charge in [0.05, 0.1) is 5.56 Å². The normalized spacial score (nSPS) is 12.3. The van der Waals surface area contributed by atoms with Crippen molar-refractivity contribution in [3.05, 3.63) is 28.8 Å². The number of hydrogen-bond donors (Lipinski definition) is 2. The van der Waals surface area contributed by atoms with Crippen LogP contribution >= 0.6 is 11.6 Å². The zero-order valence-corrected chi connectivity index (χ0v) is 12.8. The van der Waals surface area contributed by atoms with Crippen LogP contribution in [-0.2, 0) is 0 Å². The van der Waals surface area contributed by atoms with E-state index in [9.17, 15) is 4.79 Å². The summed E-state index contributed by atoms with van der Waals surface area (Å²) in [5.41, 5.74) is 1.43. The van der Waals surface area contributed by atoms with Gasteiger partial charge in [0.2, 0.25) is 0 Å². The molecule has 0 spiro atoms. The molecule has 0 aliphatic heterocycles. The van der Waals surface area contributed by atoms with E-state index in [2.05, 4.69) is 31.4 Å². The maximum absolute atomic E-state index is 12.4. The van der Waals surface area contributed by atoms with Crippen LogP contribution in [0.3, 0.4) is 0 Å². The van der Waals surface area contributed by atoms with Crippen LogP contribution in [0.5, 0.6) is 0 Å². The van der Waals surface area contributed by atoms with Crippen molar-refractivity contribution >= 4 is 23.2 Å². The van der Waals surface area contributed by atoms with Gasteiger partial charge in [-0.3, -0.25) is 4.79 Å². The summed E-state index contributed by atoms with van der Waals surface area (Å²) in [5, 5.41) is 6.83. The van der Waals surface area contributed by atoms with Crippen molar-refractivity contribution in [3.63, 3.8) is 0 Å². The van der Waals surface area contributed by atoms with Gasteiger partial charge >= 0.3 is 0 Å². The summed E-state index contributed by atoms with van der Waals surface area (Å²) in [6.45, 7) is 9.06. The van der Waals surface area contributed by atoms with E-state index in [4.69, 9.17) is 11.6 Å². The molecule has 0 bridgehead atoms. The molecular weight excluding hydrogens is 260 g/mol. The van der Waals surface area contributed by atoms with Gasteiger partial charge < -0.3 is 10.6 Å². The first-order valence-corrected chi connectivity index (χ1v) is 7.21. The van der Waals surface area contributed by atoms with Gasteiger partial charge in [-0.1, -0.05) is 32.4 Å². The summed E-state index contributed by atoms with van der Waals surface area (Å²) in [6.07, 6.45) is 0.917. The molecule has 19 heavy (non-hydrogen) atoms. The highest BCUT2D eigenvalue weighted by Gasteiger charge is 2.17. The molecule has 0 aliphatic rings. The van der Waals surface area contributed by atoms with Crippen molar-refractivity contribution in [1.82, 2.24) is 5.32 Å². The minimum atomic E-state index is -0.0704. The lowest BCUT2D eigenvalue weighted by Crippen LogP contribution is -2.38. The number of hydrogen-bond acceptors (Lipinski definition) is 2. The van der Waals surface area contributed by atoms with Crippen LogP contribution < -0.4 is 10.6 Å². The third kappa shape index (κ3) is 4.43. The van der Waals surface area contributed by atoms with Crippen molar-refractivity contribution in [2.24, 2.45) is 5.92 Å². The summed E-state index contributed by atoms with van der Waals surface area (Å²) in [6, 6.07) is 5.52. The zero-order chi connectivity index (χ0) is 14.4. The monoisotopic (exact) mass is 282 g/mol. The van der Waals surface area contributed by atoms with Crippen LogP contribution in [0.4, 0.5) is 5.69 Å². The van der Waals surface area contributed by atoms with E-state index in [1.54, 1.807) is 12.1 Å². The molecule has 0 saturated carbocycles. The Labute approximate surface area is 120 Å². The van der Waals surface area contributed by atoms with Crippen LogP contribution in [0, 0.1) is 5.92 Å². The number of rotatable bonds is 6. The standard InChI is InChI=1S/C15H23ClN2O/c1-5-13(10(3)4)18-15(19)12-9-11(16)7-8-14(12)17-6-2/h7-10,13,17H,5-6H2,1-4H3,(H,18,19). The van der Waals surface area contributed by atoms with E-state index in [1.165, 1.54) is 0 Å². The van der Waals surface area contributed by atoms with Crippen molar-refractivity contribution in [2.75, 3.05) is 11.9 Å². The molecule has 4 heteroatoms. The summed E-state index contributed by atoms with van der Waals surface area (Å²) < 4.78 is 0. The second-order valence-corrected chi connectivity index (χ2v) is 5.39. The largest absolute Gasteiger partial charge is 0.385 e. The average molecular weight is 283 g/mol. The topological polar surface area (TPSA) is 41.1 Å². The molecular formula is C15H23ClN2O. The summed E-state index contributed by atoms with van der Waals surface area (Å²) in [5.74, 6) is 0.342. The fourth-order valence-corrected chi connectivity index (χ4v) is 2.21. The Balaban J connectivity index is 2.94. The van der Waals surface area contributed by atoms with Gasteiger partial charge in [0.25, 0.3) is 5.91 Å². The number of carbonyl (C=O) groups is 1. The van der Waals surface area contributed by atoms with Crippen molar-refractivity contribution < 1.29 is 4.79 Å². The molecule has 0 radical (unpaired) electrons. The Hall–Kier alpha value is -1.22. The Morgan fingerprint density at radius 2 is 2.00 bits per heavy atom. The lowest BCUT2D eigenvalue weighted by atomic mass is 10.0. The minimum absolute atomic E-state index is 0.0704. The summed E-state index contributed by atoms with van der Waals surface area (Å²) in [7, 11) is 0. The Morgan fingerprint density at radius 3 is 2.53 bits per heavy atom. The number of benzene rings is 1. The Kier molecular flexibility index (Phi) is 6.16. The number of anilines is 1. The van der Waals surface area contributed by atoms with Crippen LogP contribution in [0.15, 0.2) is 18.2 Å². The molecule has 0 aliphatic carbocycles. The molecule has 1 rings (SSSR count). The fourth-order valence-electron chi connectivity index (χ4n) is 2.04. The second kappa shape index (κ2) is 7.39. The van der Waals surface area contributed by atoms with Crippen molar-refractivity contribution in [1.29, 1.82) is 0 Å². The first kappa shape index (κ1) is 15.8. The predicted molar refractivity (Wildman–Crippen MR) is 82.0 cm³/mol. The van der Waals surface area contributed by atoms with Crippen LogP contribution in [0.25, 0.3) is 0 Å². The molecule has 106 valence electrons.